The van der Waals surface area contributed by atoms with Gasteiger partial charge in [-0.3, -0.25) is 0 Å². The van der Waals surface area contributed by atoms with Gasteiger partial charge >= 0.3 is 0 Å². The molecular formula is C29H26ClNO5S2. The summed E-state index contributed by atoms with van der Waals surface area (Å²) in [6, 6.07) is 22.6. The van der Waals surface area contributed by atoms with E-state index < -0.39 is 15.1 Å². The Labute approximate surface area is 231 Å². The topological polar surface area (TPSA) is 74.7 Å². The molecule has 1 saturated heterocycles. The molecule has 3 aromatic carbocycles. The minimum atomic E-state index is -3.74. The van der Waals surface area contributed by atoms with Crippen LogP contribution >= 0.6 is 22.9 Å². The molecule has 9 heteroatoms. The normalized spacial score (nSPS) is 17.2. The van der Waals surface area contributed by atoms with Crippen molar-refractivity contribution in [2.24, 2.45) is 5.92 Å². The fourth-order valence-electron chi connectivity index (χ4n) is 4.41. The van der Waals surface area contributed by atoms with Gasteiger partial charge < -0.3 is 14.2 Å². The fraction of sp³-hybridized carbons (Fsp3) is 0.207. The Morgan fingerprint density at radius 2 is 1.50 bits per heavy atom. The zero-order chi connectivity index (χ0) is 26.7. The minimum Gasteiger partial charge on any atom is -0.497 e. The molecule has 0 amide bonds. The van der Waals surface area contributed by atoms with Gasteiger partial charge in [0, 0.05) is 21.9 Å². The smallest absolute Gasteiger partial charge is 0.211 e. The van der Waals surface area contributed by atoms with Gasteiger partial charge in [-0.1, -0.05) is 54.1 Å². The first-order chi connectivity index (χ1) is 18.4. The highest BCUT2D eigenvalue weighted by molar-refractivity contribution is 7.94. The Hall–Kier alpha value is -3.17. The summed E-state index contributed by atoms with van der Waals surface area (Å²) in [7, 11) is -0.498. The number of rotatable bonds is 8. The maximum atomic E-state index is 13.7. The van der Waals surface area contributed by atoms with E-state index in [4.69, 9.17) is 25.8 Å². The highest BCUT2D eigenvalue weighted by atomic mass is 35.5. The van der Waals surface area contributed by atoms with Crippen molar-refractivity contribution >= 4 is 38.3 Å². The maximum Gasteiger partial charge on any atom is 0.211 e. The summed E-state index contributed by atoms with van der Waals surface area (Å²) < 4.78 is 44.0. The summed E-state index contributed by atoms with van der Waals surface area (Å²) in [4.78, 5) is 4.48. The first kappa shape index (κ1) is 26.4. The molecule has 0 N–H and O–H groups in total. The molecule has 1 aliphatic rings. The van der Waals surface area contributed by atoms with Gasteiger partial charge in [-0.2, -0.15) is 0 Å². The van der Waals surface area contributed by atoms with Crippen LogP contribution in [0.2, 0.25) is 5.02 Å². The lowest BCUT2D eigenvalue weighted by atomic mass is 9.93. The van der Waals surface area contributed by atoms with E-state index in [2.05, 4.69) is 4.98 Å². The number of aromatic nitrogens is 1. The predicted molar refractivity (Wildman–Crippen MR) is 151 cm³/mol. The molecule has 2 atom stereocenters. The minimum absolute atomic E-state index is 0.0896. The van der Waals surface area contributed by atoms with E-state index in [-0.39, 0.29) is 16.9 Å². The van der Waals surface area contributed by atoms with E-state index in [9.17, 15) is 8.42 Å². The number of sulfone groups is 1. The Morgan fingerprint density at radius 3 is 2.05 bits per heavy atom. The van der Waals surface area contributed by atoms with Crippen LogP contribution in [0.5, 0.6) is 11.5 Å². The molecular weight excluding hydrogens is 542 g/mol. The lowest BCUT2D eigenvalue weighted by molar-refractivity contribution is 0.191. The molecule has 2 heterocycles. The number of hydrogen-bond acceptors (Lipinski definition) is 7. The monoisotopic (exact) mass is 567 g/mol. The predicted octanol–water partition coefficient (Wildman–Crippen LogP) is 6.40. The highest BCUT2D eigenvalue weighted by Gasteiger charge is 2.40. The third-order valence-corrected chi connectivity index (χ3v) is 10.3. The average molecular weight is 568 g/mol. The number of methoxy groups -OCH3 is 2. The Kier molecular flexibility index (Phi) is 7.85. The molecule has 0 spiro atoms. The van der Waals surface area contributed by atoms with Crippen molar-refractivity contribution in [3.05, 3.63) is 100 Å². The summed E-state index contributed by atoms with van der Waals surface area (Å²) in [5, 5.41) is 1.62. The van der Waals surface area contributed by atoms with E-state index in [1.807, 2.05) is 66.7 Å². The Balaban J connectivity index is 1.50. The fourth-order valence-corrected chi connectivity index (χ4v) is 7.52. The van der Waals surface area contributed by atoms with E-state index in [0.29, 0.717) is 17.3 Å². The molecule has 0 unspecified atom stereocenters. The van der Waals surface area contributed by atoms with E-state index in [0.717, 1.165) is 45.1 Å². The molecule has 1 aliphatic heterocycles. The number of nitrogens with zero attached hydrogens (tertiary/aromatic N) is 1. The van der Waals surface area contributed by atoms with Crippen molar-refractivity contribution in [2.45, 2.75) is 9.59 Å². The van der Waals surface area contributed by atoms with Gasteiger partial charge in [0.2, 0.25) is 14.2 Å². The quantitative estimate of drug-likeness (QED) is 0.245. The van der Waals surface area contributed by atoms with Gasteiger partial charge in [0.1, 0.15) is 16.7 Å². The van der Waals surface area contributed by atoms with Crippen LogP contribution in [0.4, 0.5) is 0 Å². The van der Waals surface area contributed by atoms with E-state index in [1.165, 1.54) is 0 Å². The Morgan fingerprint density at radius 1 is 0.921 bits per heavy atom. The van der Waals surface area contributed by atoms with E-state index >= 15 is 0 Å². The van der Waals surface area contributed by atoms with Crippen LogP contribution in [0.25, 0.3) is 16.8 Å². The van der Waals surface area contributed by atoms with Crippen LogP contribution in [0, 0.1) is 5.92 Å². The van der Waals surface area contributed by atoms with Crippen molar-refractivity contribution < 1.29 is 22.6 Å². The molecule has 0 radical (unpaired) electrons. The molecule has 6 nitrogen and oxygen atoms in total. The molecule has 5 rings (SSSR count). The largest absolute Gasteiger partial charge is 0.497 e. The van der Waals surface area contributed by atoms with Gasteiger partial charge in [-0.15, -0.1) is 11.3 Å². The molecule has 0 saturated carbocycles. The van der Waals surface area contributed by atoms with Crippen molar-refractivity contribution in [2.75, 3.05) is 27.4 Å². The van der Waals surface area contributed by atoms with E-state index in [1.54, 1.807) is 31.7 Å². The molecule has 1 fully saturated rings. The van der Waals surface area contributed by atoms with Crippen molar-refractivity contribution in [3.8, 4) is 22.8 Å². The molecule has 4 aromatic rings. The maximum absolute atomic E-state index is 13.7. The molecule has 0 aliphatic carbocycles. The summed E-state index contributed by atoms with van der Waals surface area (Å²) in [6.45, 7) is 0.410. The zero-order valence-corrected chi connectivity index (χ0v) is 23.2. The molecule has 38 heavy (non-hydrogen) atoms. The van der Waals surface area contributed by atoms with Crippen molar-refractivity contribution in [1.82, 2.24) is 4.98 Å². The van der Waals surface area contributed by atoms with Gasteiger partial charge in [0.05, 0.1) is 33.1 Å². The van der Waals surface area contributed by atoms with Crippen molar-refractivity contribution in [1.29, 1.82) is 0 Å². The van der Waals surface area contributed by atoms with Crippen LogP contribution in [0.3, 0.4) is 0 Å². The number of halogens is 1. The molecule has 1 aromatic heterocycles. The van der Waals surface area contributed by atoms with Crippen LogP contribution < -0.4 is 9.47 Å². The van der Waals surface area contributed by atoms with Gasteiger partial charge in [-0.25, -0.2) is 13.4 Å². The van der Waals surface area contributed by atoms with Gasteiger partial charge in [0.15, 0.2) is 0 Å². The van der Waals surface area contributed by atoms with Crippen molar-refractivity contribution in [3.63, 3.8) is 0 Å². The molecule has 0 bridgehead atoms. The second-order valence-electron chi connectivity index (χ2n) is 8.83. The second kappa shape index (κ2) is 11.3. The highest BCUT2D eigenvalue weighted by Crippen LogP contribution is 2.35. The van der Waals surface area contributed by atoms with Gasteiger partial charge in [-0.05, 0) is 53.1 Å². The summed E-state index contributed by atoms with van der Waals surface area (Å²) in [5.74, 6) is 1.13. The molecule has 196 valence electrons. The summed E-state index contributed by atoms with van der Waals surface area (Å²) in [6.07, 6.45) is 2.01. The SMILES string of the molecule is COc1ccc(C(=C[C@@H]2COC[C@H]2S(=O)(=O)c2nc(-c3ccc(Cl)cc3)cs2)c2ccc(OC)cc2)cc1. The standard InChI is InChI=1S/C29H26ClNO5S2/c1-34-24-11-5-19(6-12-24)26(20-7-13-25(35-2)14-8-20)15-22-16-36-17-28(22)38(32,33)29-31-27(18-37-29)21-3-9-23(30)10-4-21/h3-15,18,22,28H,16-17H2,1-2H3/t22-,28-/m1/s1. The lowest BCUT2D eigenvalue weighted by Gasteiger charge is -2.17. The van der Waals surface area contributed by atoms with Crippen LogP contribution in [0.1, 0.15) is 11.1 Å². The number of hydrogen-bond donors (Lipinski definition) is 0. The zero-order valence-electron chi connectivity index (χ0n) is 20.8. The number of thiazole rings is 1. The summed E-state index contributed by atoms with van der Waals surface area (Å²) >= 11 is 7.12. The first-order valence-corrected chi connectivity index (χ1v) is 14.7. The summed E-state index contributed by atoms with van der Waals surface area (Å²) in [5.41, 5.74) is 4.21. The van der Waals surface area contributed by atoms with Gasteiger partial charge in [0.25, 0.3) is 0 Å². The Bertz CT molecular complexity index is 1480. The van der Waals surface area contributed by atoms with Crippen LogP contribution in [-0.2, 0) is 14.6 Å². The lowest BCUT2D eigenvalue weighted by Crippen LogP contribution is -2.28. The average Bonchev–Trinajstić information content (AvgIpc) is 3.64. The number of ether oxygens (including phenoxy) is 3. The first-order valence-electron chi connectivity index (χ1n) is 11.9. The third kappa shape index (κ3) is 5.49. The van der Waals surface area contributed by atoms with Crippen LogP contribution in [-0.4, -0.2) is 46.1 Å². The number of benzene rings is 3. The van der Waals surface area contributed by atoms with Crippen LogP contribution in [0.15, 0.2) is 88.6 Å². The second-order valence-corrected chi connectivity index (χ2v) is 12.5. The third-order valence-electron chi connectivity index (χ3n) is 6.52.